The first-order chi connectivity index (χ1) is 7.66. The highest BCUT2D eigenvalue weighted by Gasteiger charge is 2.29. The molecule has 5 nitrogen and oxygen atoms in total. The van der Waals surface area contributed by atoms with E-state index >= 15 is 0 Å². The quantitative estimate of drug-likeness (QED) is 0.755. The number of hydrogen-bond donors (Lipinski definition) is 2. The Morgan fingerprint density at radius 3 is 2.94 bits per heavy atom. The number of amides is 1. The maximum Gasteiger partial charge on any atom is 0.271 e. The van der Waals surface area contributed by atoms with Gasteiger partial charge in [0.05, 0.1) is 5.38 Å². The summed E-state index contributed by atoms with van der Waals surface area (Å²) in [5.41, 5.74) is -0.135. The van der Waals surface area contributed by atoms with Crippen molar-refractivity contribution in [2.24, 2.45) is 5.92 Å². The summed E-state index contributed by atoms with van der Waals surface area (Å²) in [5.74, 6) is 0.216. The maximum atomic E-state index is 11.5. The number of aromatic nitrogens is 2. The molecule has 0 spiro atoms. The van der Waals surface area contributed by atoms with Gasteiger partial charge in [-0.05, 0) is 24.8 Å². The molecular formula is C10H12ClN3O2. The molecule has 1 heterocycles. The van der Waals surface area contributed by atoms with Crippen LogP contribution < -0.4 is 10.9 Å². The Bertz CT molecular complexity index is 421. The summed E-state index contributed by atoms with van der Waals surface area (Å²) in [6.45, 7) is 0.436. The van der Waals surface area contributed by atoms with Crippen LogP contribution in [0.5, 0.6) is 0 Å². The molecule has 1 amide bonds. The van der Waals surface area contributed by atoms with E-state index in [1.54, 1.807) is 0 Å². The van der Waals surface area contributed by atoms with Crippen LogP contribution in [0.4, 0.5) is 0 Å². The molecule has 16 heavy (non-hydrogen) atoms. The van der Waals surface area contributed by atoms with Gasteiger partial charge >= 0.3 is 0 Å². The molecule has 2 N–H and O–H groups in total. The lowest BCUT2D eigenvalue weighted by Gasteiger charge is -2.08. The van der Waals surface area contributed by atoms with E-state index in [-0.39, 0.29) is 22.5 Å². The molecule has 1 aliphatic rings. The second kappa shape index (κ2) is 4.65. The van der Waals surface area contributed by atoms with E-state index < -0.39 is 0 Å². The number of carbonyl (C=O) groups is 1. The number of rotatable bonds is 4. The Labute approximate surface area is 97.2 Å². The maximum absolute atomic E-state index is 11.5. The van der Waals surface area contributed by atoms with Crippen LogP contribution >= 0.6 is 11.6 Å². The molecule has 1 atom stereocenters. The molecule has 0 radical (unpaired) electrons. The van der Waals surface area contributed by atoms with Gasteiger partial charge in [0.1, 0.15) is 5.69 Å². The molecule has 1 aromatic heterocycles. The van der Waals surface area contributed by atoms with Crippen LogP contribution in [-0.4, -0.2) is 28.0 Å². The topological polar surface area (TPSA) is 74.8 Å². The predicted molar refractivity (Wildman–Crippen MR) is 59.6 cm³/mol. The average molecular weight is 242 g/mol. The van der Waals surface area contributed by atoms with Crippen LogP contribution in [0.2, 0.25) is 0 Å². The van der Waals surface area contributed by atoms with Crippen molar-refractivity contribution >= 4 is 17.5 Å². The Kier molecular flexibility index (Phi) is 3.24. The Morgan fingerprint density at radius 1 is 1.62 bits per heavy atom. The van der Waals surface area contributed by atoms with E-state index in [0.717, 1.165) is 12.8 Å². The highest BCUT2D eigenvalue weighted by atomic mass is 35.5. The van der Waals surface area contributed by atoms with Gasteiger partial charge in [-0.2, -0.15) is 5.10 Å². The van der Waals surface area contributed by atoms with Crippen molar-refractivity contribution in [3.05, 3.63) is 28.2 Å². The Morgan fingerprint density at radius 2 is 2.38 bits per heavy atom. The van der Waals surface area contributed by atoms with Crippen molar-refractivity contribution in [2.45, 2.75) is 18.2 Å². The molecule has 2 rings (SSSR count). The monoisotopic (exact) mass is 241 g/mol. The molecule has 0 aliphatic heterocycles. The van der Waals surface area contributed by atoms with E-state index in [1.165, 1.54) is 12.1 Å². The van der Waals surface area contributed by atoms with Crippen molar-refractivity contribution in [2.75, 3.05) is 6.54 Å². The highest BCUT2D eigenvalue weighted by molar-refractivity contribution is 6.21. The minimum absolute atomic E-state index is 0.00767. The molecule has 1 aliphatic carbocycles. The number of nitrogens with zero attached hydrogens (tertiary/aromatic N) is 1. The van der Waals surface area contributed by atoms with Crippen LogP contribution in [0.15, 0.2) is 16.9 Å². The van der Waals surface area contributed by atoms with Gasteiger partial charge in [-0.3, -0.25) is 9.59 Å². The lowest BCUT2D eigenvalue weighted by molar-refractivity contribution is 0.0947. The van der Waals surface area contributed by atoms with Gasteiger partial charge in [0.2, 0.25) is 0 Å². The number of alkyl halides is 1. The van der Waals surface area contributed by atoms with Gasteiger partial charge in [0, 0.05) is 12.6 Å². The third-order valence-electron chi connectivity index (χ3n) is 2.50. The average Bonchev–Trinajstić information content (AvgIpc) is 3.10. The fourth-order valence-electron chi connectivity index (χ4n) is 1.38. The summed E-state index contributed by atoms with van der Waals surface area (Å²) in [4.78, 5) is 22.3. The van der Waals surface area contributed by atoms with Crippen molar-refractivity contribution in [3.8, 4) is 0 Å². The van der Waals surface area contributed by atoms with E-state index in [9.17, 15) is 9.59 Å². The van der Waals surface area contributed by atoms with Gasteiger partial charge in [0.25, 0.3) is 11.5 Å². The van der Waals surface area contributed by atoms with Crippen molar-refractivity contribution in [3.63, 3.8) is 0 Å². The SMILES string of the molecule is O=C(NCC(Cl)C1CC1)c1ccc(=O)[nH]n1. The van der Waals surface area contributed by atoms with Crippen LogP contribution in [-0.2, 0) is 0 Å². The normalized spacial score (nSPS) is 16.8. The second-order valence-electron chi connectivity index (χ2n) is 3.87. The summed E-state index contributed by atoms with van der Waals surface area (Å²) >= 11 is 6.04. The fraction of sp³-hybridized carbons (Fsp3) is 0.500. The van der Waals surface area contributed by atoms with Crippen LogP contribution in [0, 0.1) is 5.92 Å². The van der Waals surface area contributed by atoms with E-state index in [0.29, 0.717) is 12.5 Å². The smallest absolute Gasteiger partial charge is 0.271 e. The molecular weight excluding hydrogens is 230 g/mol. The Balaban J connectivity index is 1.87. The number of carbonyl (C=O) groups excluding carboxylic acids is 1. The van der Waals surface area contributed by atoms with Gasteiger partial charge in [-0.15, -0.1) is 11.6 Å². The largest absolute Gasteiger partial charge is 0.349 e. The Hall–Kier alpha value is -1.36. The number of hydrogen-bond acceptors (Lipinski definition) is 3. The molecule has 1 unspecified atom stereocenters. The number of H-pyrrole nitrogens is 1. The third-order valence-corrected chi connectivity index (χ3v) is 3.01. The summed E-state index contributed by atoms with van der Waals surface area (Å²) in [6.07, 6.45) is 2.28. The predicted octanol–water partition coefficient (Wildman–Crippen LogP) is 0.517. The first kappa shape index (κ1) is 11.1. The summed E-state index contributed by atoms with van der Waals surface area (Å²) in [6, 6.07) is 2.65. The van der Waals surface area contributed by atoms with Crippen LogP contribution in [0.1, 0.15) is 23.3 Å². The minimum Gasteiger partial charge on any atom is -0.349 e. The first-order valence-electron chi connectivity index (χ1n) is 5.15. The second-order valence-corrected chi connectivity index (χ2v) is 4.43. The molecule has 0 aromatic carbocycles. The van der Waals surface area contributed by atoms with Gasteiger partial charge in [-0.1, -0.05) is 0 Å². The number of nitrogens with one attached hydrogen (secondary N) is 2. The van der Waals surface area contributed by atoms with Gasteiger partial charge < -0.3 is 5.32 Å². The zero-order chi connectivity index (χ0) is 11.5. The minimum atomic E-state index is -0.329. The van der Waals surface area contributed by atoms with Gasteiger partial charge in [0.15, 0.2) is 0 Å². The van der Waals surface area contributed by atoms with Crippen LogP contribution in [0.3, 0.4) is 0 Å². The number of halogens is 1. The van der Waals surface area contributed by atoms with E-state index in [1.807, 2.05) is 0 Å². The summed E-state index contributed by atoms with van der Waals surface area (Å²) in [7, 11) is 0. The summed E-state index contributed by atoms with van der Waals surface area (Å²) < 4.78 is 0. The molecule has 1 saturated carbocycles. The van der Waals surface area contributed by atoms with Crippen molar-refractivity contribution in [1.82, 2.24) is 15.5 Å². The molecule has 1 aromatic rings. The molecule has 0 saturated heterocycles. The van der Waals surface area contributed by atoms with E-state index in [2.05, 4.69) is 15.5 Å². The molecule has 86 valence electrons. The lowest BCUT2D eigenvalue weighted by Crippen LogP contribution is -2.31. The van der Waals surface area contributed by atoms with Gasteiger partial charge in [-0.25, -0.2) is 5.10 Å². The first-order valence-corrected chi connectivity index (χ1v) is 5.58. The molecule has 1 fully saturated rings. The third kappa shape index (κ3) is 2.82. The molecule has 0 bridgehead atoms. The standard InChI is InChI=1S/C10H12ClN3O2/c11-7(6-1-2-6)5-12-10(16)8-3-4-9(15)14-13-8/h3-4,6-7H,1-2,5H2,(H,12,16)(H,14,15). The zero-order valence-electron chi connectivity index (χ0n) is 8.57. The fourth-order valence-corrected chi connectivity index (χ4v) is 1.71. The zero-order valence-corrected chi connectivity index (χ0v) is 9.33. The number of aromatic amines is 1. The van der Waals surface area contributed by atoms with Crippen molar-refractivity contribution < 1.29 is 4.79 Å². The molecule has 6 heteroatoms. The van der Waals surface area contributed by atoms with Crippen LogP contribution in [0.25, 0.3) is 0 Å². The summed E-state index contributed by atoms with van der Waals surface area (Å²) in [5, 5.41) is 8.50. The lowest BCUT2D eigenvalue weighted by atomic mass is 10.3. The highest BCUT2D eigenvalue weighted by Crippen LogP contribution is 2.35. The van der Waals surface area contributed by atoms with E-state index in [4.69, 9.17) is 11.6 Å². The van der Waals surface area contributed by atoms with Crippen molar-refractivity contribution in [1.29, 1.82) is 0 Å².